The lowest BCUT2D eigenvalue weighted by Crippen LogP contribution is -2.33. The summed E-state index contributed by atoms with van der Waals surface area (Å²) in [4.78, 5) is 14.1. The zero-order chi connectivity index (χ0) is 16.9. The number of carbonyl (C=O) groups is 1. The van der Waals surface area contributed by atoms with Gasteiger partial charge in [0.25, 0.3) is 0 Å². The van der Waals surface area contributed by atoms with Gasteiger partial charge in [-0.15, -0.1) is 10.2 Å². The van der Waals surface area contributed by atoms with Crippen molar-refractivity contribution >= 4 is 33.3 Å². The van der Waals surface area contributed by atoms with Crippen molar-refractivity contribution in [3.05, 3.63) is 30.1 Å². The highest BCUT2D eigenvalue weighted by molar-refractivity contribution is 7.19. The fourth-order valence-corrected chi connectivity index (χ4v) is 3.60. The number of carbonyl (C=O) groups excluding carboxylic acids is 1. The van der Waals surface area contributed by atoms with Crippen molar-refractivity contribution in [2.45, 2.75) is 38.1 Å². The molecule has 1 aromatic carbocycles. The minimum absolute atomic E-state index is 0.347. The maximum absolute atomic E-state index is 12.9. The Bertz CT molecular complexity index is 684. The quantitative estimate of drug-likeness (QED) is 0.872. The second-order valence-electron chi connectivity index (χ2n) is 5.88. The van der Waals surface area contributed by atoms with E-state index in [0.717, 1.165) is 5.13 Å². The van der Waals surface area contributed by atoms with Gasteiger partial charge in [0.2, 0.25) is 10.3 Å². The molecule has 2 aromatic rings. The molecule has 2 amide bonds. The molecule has 6 nitrogen and oxygen atoms in total. The van der Waals surface area contributed by atoms with Crippen molar-refractivity contribution in [2.24, 2.45) is 0 Å². The summed E-state index contributed by atoms with van der Waals surface area (Å²) < 4.78 is 12.9. The zero-order valence-electron chi connectivity index (χ0n) is 13.5. The highest BCUT2D eigenvalue weighted by Gasteiger charge is 2.21. The first kappa shape index (κ1) is 16.6. The minimum Gasteiger partial charge on any atom is -0.347 e. The smallest absolute Gasteiger partial charge is 0.325 e. The number of hydrogen-bond donors (Lipinski definition) is 2. The number of rotatable bonds is 4. The molecule has 1 aliphatic rings. The average molecular weight is 349 g/mol. The van der Waals surface area contributed by atoms with Gasteiger partial charge in [0.1, 0.15) is 5.82 Å². The molecule has 0 aliphatic heterocycles. The summed E-state index contributed by atoms with van der Waals surface area (Å²) in [6.07, 6.45) is 6.14. The molecule has 3 rings (SSSR count). The normalized spacial score (nSPS) is 15.1. The molecule has 0 unspecified atom stereocenters. The van der Waals surface area contributed by atoms with Crippen molar-refractivity contribution < 1.29 is 9.18 Å². The second-order valence-corrected chi connectivity index (χ2v) is 6.83. The van der Waals surface area contributed by atoms with E-state index in [9.17, 15) is 9.18 Å². The molecule has 1 saturated carbocycles. The number of anilines is 3. The Labute approximate surface area is 144 Å². The molecule has 128 valence electrons. The molecule has 1 heterocycles. The molecule has 0 radical (unpaired) electrons. The van der Waals surface area contributed by atoms with Crippen LogP contribution in [0.1, 0.15) is 32.1 Å². The highest BCUT2D eigenvalue weighted by Crippen LogP contribution is 2.29. The van der Waals surface area contributed by atoms with Gasteiger partial charge in [0.15, 0.2) is 0 Å². The zero-order valence-corrected chi connectivity index (χ0v) is 14.3. The molecule has 24 heavy (non-hydrogen) atoms. The van der Waals surface area contributed by atoms with E-state index >= 15 is 0 Å². The van der Waals surface area contributed by atoms with E-state index in [1.54, 1.807) is 0 Å². The summed E-state index contributed by atoms with van der Waals surface area (Å²) in [5.41, 5.74) is 0.512. The average Bonchev–Trinajstić information content (AvgIpc) is 3.05. The monoisotopic (exact) mass is 349 g/mol. The van der Waals surface area contributed by atoms with Crippen molar-refractivity contribution in [1.29, 1.82) is 0 Å². The van der Waals surface area contributed by atoms with Crippen LogP contribution in [0.25, 0.3) is 0 Å². The van der Waals surface area contributed by atoms with Crippen molar-refractivity contribution in [1.82, 2.24) is 10.2 Å². The predicted molar refractivity (Wildman–Crippen MR) is 94.2 cm³/mol. The number of amides is 2. The number of halogens is 1. The lowest BCUT2D eigenvalue weighted by Gasteiger charge is -2.30. The summed E-state index contributed by atoms with van der Waals surface area (Å²) in [5.74, 6) is -0.347. The standard InChI is InChI=1S/C16H20FN5OS/c1-22(13-5-3-2-4-6-13)16-21-20-15(24-16)19-14(23)18-12-9-7-11(17)8-10-12/h7-10,13H,2-6H2,1H3,(H2,18,19,20,23). The van der Waals surface area contributed by atoms with E-state index in [1.807, 2.05) is 7.05 Å². The van der Waals surface area contributed by atoms with Crippen LogP contribution in [0.2, 0.25) is 0 Å². The van der Waals surface area contributed by atoms with E-state index in [0.29, 0.717) is 16.9 Å². The number of benzene rings is 1. The first-order valence-electron chi connectivity index (χ1n) is 8.02. The Morgan fingerprint density at radius 1 is 1.17 bits per heavy atom. The highest BCUT2D eigenvalue weighted by atomic mass is 32.1. The second kappa shape index (κ2) is 7.57. The molecule has 0 spiro atoms. The van der Waals surface area contributed by atoms with Crippen LogP contribution in [0, 0.1) is 5.82 Å². The van der Waals surface area contributed by atoms with Crippen LogP contribution in [-0.4, -0.2) is 29.3 Å². The molecule has 0 atom stereocenters. The first-order valence-corrected chi connectivity index (χ1v) is 8.83. The number of nitrogens with one attached hydrogen (secondary N) is 2. The molecule has 0 saturated heterocycles. The number of nitrogens with zero attached hydrogens (tertiary/aromatic N) is 3. The number of urea groups is 1. The molecule has 8 heteroatoms. The Kier molecular flexibility index (Phi) is 5.24. The number of hydrogen-bond acceptors (Lipinski definition) is 5. The van der Waals surface area contributed by atoms with E-state index in [1.165, 1.54) is 67.7 Å². The topological polar surface area (TPSA) is 70.2 Å². The van der Waals surface area contributed by atoms with Crippen LogP contribution < -0.4 is 15.5 Å². The van der Waals surface area contributed by atoms with Crippen LogP contribution in [-0.2, 0) is 0 Å². The van der Waals surface area contributed by atoms with Gasteiger partial charge in [0.05, 0.1) is 0 Å². The van der Waals surface area contributed by atoms with Gasteiger partial charge < -0.3 is 10.2 Å². The van der Waals surface area contributed by atoms with Gasteiger partial charge >= 0.3 is 6.03 Å². The number of aromatic nitrogens is 2. The maximum Gasteiger partial charge on any atom is 0.325 e. The molecule has 1 aliphatic carbocycles. The largest absolute Gasteiger partial charge is 0.347 e. The maximum atomic E-state index is 12.9. The van der Waals surface area contributed by atoms with Gasteiger partial charge in [-0.1, -0.05) is 30.6 Å². The molecule has 2 N–H and O–H groups in total. The third-order valence-corrected chi connectivity index (χ3v) is 5.09. The van der Waals surface area contributed by atoms with Crippen molar-refractivity contribution in [3.8, 4) is 0 Å². The van der Waals surface area contributed by atoms with Crippen molar-refractivity contribution in [3.63, 3.8) is 0 Å². The first-order chi connectivity index (χ1) is 11.6. The Hall–Kier alpha value is -2.22. The van der Waals surface area contributed by atoms with E-state index in [4.69, 9.17) is 0 Å². The van der Waals surface area contributed by atoms with E-state index < -0.39 is 6.03 Å². The summed E-state index contributed by atoms with van der Waals surface area (Å²) >= 11 is 1.35. The van der Waals surface area contributed by atoms with Crippen LogP contribution in [0.4, 0.5) is 25.1 Å². The fourth-order valence-electron chi connectivity index (χ4n) is 2.83. The third kappa shape index (κ3) is 4.19. The van der Waals surface area contributed by atoms with Crippen LogP contribution in [0.3, 0.4) is 0 Å². The van der Waals surface area contributed by atoms with E-state index in [2.05, 4.69) is 25.7 Å². The lowest BCUT2D eigenvalue weighted by atomic mass is 9.95. The summed E-state index contributed by atoms with van der Waals surface area (Å²) in [6, 6.07) is 5.64. The summed E-state index contributed by atoms with van der Waals surface area (Å²) in [6.45, 7) is 0. The molecule has 1 aromatic heterocycles. The van der Waals surface area contributed by atoms with Crippen LogP contribution in [0.15, 0.2) is 24.3 Å². The lowest BCUT2D eigenvalue weighted by molar-refractivity contribution is 0.262. The molecular formula is C16H20FN5OS. The van der Waals surface area contributed by atoms with Crippen LogP contribution in [0.5, 0.6) is 0 Å². The van der Waals surface area contributed by atoms with Gasteiger partial charge in [0, 0.05) is 18.8 Å². The van der Waals surface area contributed by atoms with Gasteiger partial charge in [-0.3, -0.25) is 5.32 Å². The van der Waals surface area contributed by atoms with E-state index in [-0.39, 0.29) is 5.82 Å². The SMILES string of the molecule is CN(c1nnc(NC(=O)Nc2ccc(F)cc2)s1)C1CCCCC1. The van der Waals surface area contributed by atoms with Gasteiger partial charge in [-0.2, -0.15) is 0 Å². The summed E-state index contributed by atoms with van der Waals surface area (Å²) in [7, 11) is 2.03. The fraction of sp³-hybridized carbons (Fsp3) is 0.438. The predicted octanol–water partition coefficient (Wildman–Crippen LogP) is 4.09. The Morgan fingerprint density at radius 2 is 1.88 bits per heavy atom. The van der Waals surface area contributed by atoms with Crippen LogP contribution >= 0.6 is 11.3 Å². The molecule has 1 fully saturated rings. The Morgan fingerprint density at radius 3 is 2.58 bits per heavy atom. The Balaban J connectivity index is 1.56. The third-order valence-electron chi connectivity index (χ3n) is 4.16. The van der Waals surface area contributed by atoms with Gasteiger partial charge in [-0.25, -0.2) is 9.18 Å². The minimum atomic E-state index is -0.426. The molecular weight excluding hydrogens is 329 g/mol. The van der Waals surface area contributed by atoms with Gasteiger partial charge in [-0.05, 0) is 37.1 Å². The summed E-state index contributed by atoms with van der Waals surface area (Å²) in [5, 5.41) is 14.7. The molecule has 0 bridgehead atoms. The van der Waals surface area contributed by atoms with Crippen molar-refractivity contribution in [2.75, 3.05) is 22.6 Å².